The van der Waals surface area contributed by atoms with E-state index in [-0.39, 0.29) is 23.1 Å². The van der Waals surface area contributed by atoms with Crippen LogP contribution in [0.15, 0.2) is 18.2 Å². The van der Waals surface area contributed by atoms with Gasteiger partial charge in [-0.2, -0.15) is 0 Å². The number of halogens is 1. The first-order chi connectivity index (χ1) is 11.0. The van der Waals surface area contributed by atoms with Crippen LogP contribution in [-0.4, -0.2) is 19.6 Å². The molecule has 0 heterocycles. The second-order valence-electron chi connectivity index (χ2n) is 6.62. The van der Waals surface area contributed by atoms with Gasteiger partial charge in [0.05, 0.1) is 13.2 Å². The van der Waals surface area contributed by atoms with Gasteiger partial charge in [0.1, 0.15) is 0 Å². The molecule has 1 fully saturated rings. The maximum absolute atomic E-state index is 13.8. The molecule has 1 aliphatic carbocycles. The lowest BCUT2D eigenvalue weighted by atomic mass is 9.71. The number of amides is 1. The molecule has 0 bridgehead atoms. The predicted octanol–water partition coefficient (Wildman–Crippen LogP) is 3.31. The number of carbonyl (C=O) groups is 1. The minimum atomic E-state index is -0.420. The molecule has 128 valence electrons. The topological polar surface area (TPSA) is 64.3 Å². The lowest BCUT2D eigenvalue weighted by Gasteiger charge is -2.36. The van der Waals surface area contributed by atoms with Crippen LogP contribution in [-0.2, 0) is 4.79 Å². The Balaban J connectivity index is 1.97. The van der Waals surface area contributed by atoms with Gasteiger partial charge in [-0.25, -0.2) is 4.39 Å². The van der Waals surface area contributed by atoms with E-state index in [0.29, 0.717) is 13.0 Å². The first-order valence-electron chi connectivity index (χ1n) is 8.32. The molecule has 23 heavy (non-hydrogen) atoms. The zero-order valence-corrected chi connectivity index (χ0v) is 14.0. The minimum Gasteiger partial charge on any atom is -0.494 e. The molecular weight excluding hydrogens is 295 g/mol. The molecule has 1 unspecified atom stereocenters. The molecule has 3 N–H and O–H groups in total. The molecule has 2 rings (SSSR count). The third kappa shape index (κ3) is 4.44. The third-order valence-electron chi connectivity index (χ3n) is 4.94. The maximum Gasteiger partial charge on any atom is 0.221 e. The zero-order chi connectivity index (χ0) is 16.9. The number of benzene rings is 1. The Morgan fingerprint density at radius 1 is 1.39 bits per heavy atom. The van der Waals surface area contributed by atoms with Gasteiger partial charge in [0.2, 0.25) is 5.91 Å². The number of carbonyl (C=O) groups excluding carboxylic acids is 1. The van der Waals surface area contributed by atoms with E-state index in [1.807, 2.05) is 6.92 Å². The Bertz CT molecular complexity index is 542. The largest absolute Gasteiger partial charge is 0.494 e. The van der Waals surface area contributed by atoms with Crippen LogP contribution < -0.4 is 15.8 Å². The number of methoxy groups -OCH3 is 1. The highest BCUT2D eigenvalue weighted by Crippen LogP contribution is 2.38. The molecule has 0 aromatic heterocycles. The van der Waals surface area contributed by atoms with E-state index in [2.05, 4.69) is 5.32 Å². The molecule has 1 atom stereocenters. The summed E-state index contributed by atoms with van der Waals surface area (Å²) < 4.78 is 18.7. The van der Waals surface area contributed by atoms with E-state index in [1.54, 1.807) is 12.1 Å². The normalized spacial score (nSPS) is 18.3. The SMILES string of the molecule is COc1ccc(C(C)NC(=O)CC2(CN)CCCCC2)cc1F. The van der Waals surface area contributed by atoms with Crippen LogP contribution >= 0.6 is 0 Å². The molecule has 5 heteroatoms. The number of ether oxygens (including phenoxy) is 1. The Morgan fingerprint density at radius 3 is 2.65 bits per heavy atom. The fraction of sp³-hybridized carbons (Fsp3) is 0.611. The summed E-state index contributed by atoms with van der Waals surface area (Å²) in [7, 11) is 1.43. The van der Waals surface area contributed by atoms with Crippen LogP contribution in [0.4, 0.5) is 4.39 Å². The van der Waals surface area contributed by atoms with Crippen molar-refractivity contribution in [1.29, 1.82) is 0 Å². The van der Waals surface area contributed by atoms with E-state index in [4.69, 9.17) is 10.5 Å². The molecule has 1 aromatic rings. The number of rotatable bonds is 6. The molecule has 1 aromatic carbocycles. The Hall–Kier alpha value is -1.62. The number of nitrogens with two attached hydrogens (primary N) is 1. The van der Waals surface area contributed by atoms with Gasteiger partial charge in [0.25, 0.3) is 0 Å². The van der Waals surface area contributed by atoms with Gasteiger partial charge in [0, 0.05) is 6.42 Å². The summed E-state index contributed by atoms with van der Waals surface area (Å²) in [6.07, 6.45) is 6.00. The van der Waals surface area contributed by atoms with Crippen molar-refractivity contribution in [2.75, 3.05) is 13.7 Å². The molecule has 4 nitrogen and oxygen atoms in total. The van der Waals surface area contributed by atoms with Gasteiger partial charge in [-0.3, -0.25) is 4.79 Å². The van der Waals surface area contributed by atoms with Gasteiger partial charge in [-0.15, -0.1) is 0 Å². The fourth-order valence-electron chi connectivity index (χ4n) is 3.42. The molecule has 1 amide bonds. The smallest absolute Gasteiger partial charge is 0.221 e. The van der Waals surface area contributed by atoms with Crippen molar-refractivity contribution in [3.05, 3.63) is 29.6 Å². The lowest BCUT2D eigenvalue weighted by Crippen LogP contribution is -2.39. The Morgan fingerprint density at radius 2 is 2.09 bits per heavy atom. The second kappa shape index (κ2) is 7.77. The predicted molar refractivity (Wildman–Crippen MR) is 88.7 cm³/mol. The third-order valence-corrected chi connectivity index (χ3v) is 4.94. The molecule has 0 radical (unpaired) electrons. The summed E-state index contributed by atoms with van der Waals surface area (Å²) in [5.74, 6) is -0.227. The van der Waals surface area contributed by atoms with E-state index >= 15 is 0 Å². The molecule has 0 saturated heterocycles. The molecule has 1 aliphatic rings. The standard InChI is InChI=1S/C18H27FN2O2/c1-13(14-6-7-16(23-2)15(19)10-14)21-17(22)11-18(12-20)8-4-3-5-9-18/h6-7,10,13H,3-5,8-9,11-12,20H2,1-2H3,(H,21,22). The van der Waals surface area contributed by atoms with Crippen molar-refractivity contribution in [3.63, 3.8) is 0 Å². The molecule has 1 saturated carbocycles. The highest BCUT2D eigenvalue weighted by Gasteiger charge is 2.33. The Kier molecular flexibility index (Phi) is 5.99. The molecular formula is C18H27FN2O2. The quantitative estimate of drug-likeness (QED) is 0.844. The van der Waals surface area contributed by atoms with Crippen molar-refractivity contribution >= 4 is 5.91 Å². The number of hydrogen-bond donors (Lipinski definition) is 2. The summed E-state index contributed by atoms with van der Waals surface area (Å²) >= 11 is 0. The average molecular weight is 322 g/mol. The fourth-order valence-corrected chi connectivity index (χ4v) is 3.42. The summed E-state index contributed by atoms with van der Waals surface area (Å²) in [5.41, 5.74) is 6.60. The number of nitrogens with one attached hydrogen (secondary N) is 1. The van der Waals surface area contributed by atoms with E-state index in [9.17, 15) is 9.18 Å². The number of hydrogen-bond acceptors (Lipinski definition) is 3. The molecule has 0 aliphatic heterocycles. The van der Waals surface area contributed by atoms with Crippen LogP contribution in [0.5, 0.6) is 5.75 Å². The van der Waals surface area contributed by atoms with Gasteiger partial charge in [0.15, 0.2) is 11.6 Å². The van der Waals surface area contributed by atoms with Crippen molar-refractivity contribution in [1.82, 2.24) is 5.32 Å². The van der Waals surface area contributed by atoms with Crippen molar-refractivity contribution in [3.8, 4) is 5.75 Å². The van der Waals surface area contributed by atoms with Crippen LogP contribution in [0.25, 0.3) is 0 Å². The maximum atomic E-state index is 13.8. The minimum absolute atomic E-state index is 0.0129. The summed E-state index contributed by atoms with van der Waals surface area (Å²) in [4.78, 5) is 12.4. The summed E-state index contributed by atoms with van der Waals surface area (Å²) in [6, 6.07) is 4.51. The van der Waals surface area contributed by atoms with Gasteiger partial charge >= 0.3 is 0 Å². The molecule has 0 spiro atoms. The summed E-state index contributed by atoms with van der Waals surface area (Å²) in [5, 5.41) is 2.97. The first-order valence-corrected chi connectivity index (χ1v) is 8.32. The Labute approximate surface area is 137 Å². The average Bonchev–Trinajstić information content (AvgIpc) is 2.55. The highest BCUT2D eigenvalue weighted by atomic mass is 19.1. The first kappa shape index (κ1) is 17.7. The monoisotopic (exact) mass is 322 g/mol. The zero-order valence-electron chi connectivity index (χ0n) is 14.0. The van der Waals surface area contributed by atoms with Crippen LogP contribution in [0, 0.1) is 11.2 Å². The van der Waals surface area contributed by atoms with Crippen molar-refractivity contribution in [2.24, 2.45) is 11.1 Å². The van der Waals surface area contributed by atoms with Crippen LogP contribution in [0.2, 0.25) is 0 Å². The van der Waals surface area contributed by atoms with Gasteiger partial charge in [-0.1, -0.05) is 25.3 Å². The highest BCUT2D eigenvalue weighted by molar-refractivity contribution is 5.77. The van der Waals surface area contributed by atoms with Crippen LogP contribution in [0.3, 0.4) is 0 Å². The van der Waals surface area contributed by atoms with Gasteiger partial charge < -0.3 is 15.8 Å². The van der Waals surface area contributed by atoms with E-state index in [1.165, 1.54) is 19.6 Å². The van der Waals surface area contributed by atoms with Crippen molar-refractivity contribution < 1.29 is 13.9 Å². The second-order valence-corrected chi connectivity index (χ2v) is 6.62. The van der Waals surface area contributed by atoms with E-state index < -0.39 is 5.82 Å². The van der Waals surface area contributed by atoms with Gasteiger partial charge in [-0.05, 0) is 49.4 Å². The van der Waals surface area contributed by atoms with Crippen molar-refractivity contribution in [2.45, 2.75) is 51.5 Å². The van der Waals surface area contributed by atoms with E-state index in [0.717, 1.165) is 31.2 Å². The summed E-state index contributed by atoms with van der Waals surface area (Å²) in [6.45, 7) is 2.40. The van der Waals surface area contributed by atoms with Crippen LogP contribution in [0.1, 0.15) is 57.1 Å². The lowest BCUT2D eigenvalue weighted by molar-refractivity contribution is -0.124.